The van der Waals surface area contributed by atoms with Gasteiger partial charge in [0.15, 0.2) is 5.96 Å². The number of aliphatic imine (C=N–C) groups is 1. The maximum atomic E-state index is 6.06. The van der Waals surface area contributed by atoms with E-state index in [9.17, 15) is 0 Å². The lowest BCUT2D eigenvalue weighted by molar-refractivity contribution is 0.734. The summed E-state index contributed by atoms with van der Waals surface area (Å²) in [4.78, 5) is 4.47. The van der Waals surface area contributed by atoms with Crippen molar-refractivity contribution in [3.8, 4) is 11.1 Å². The number of nitrogens with two attached hydrogens (primary N) is 1. The van der Waals surface area contributed by atoms with E-state index in [1.54, 1.807) is 4.68 Å². The molecule has 0 amide bonds. The fourth-order valence-corrected chi connectivity index (χ4v) is 2.91. The number of nitrogens with one attached hydrogen (secondary N) is 1. The van der Waals surface area contributed by atoms with E-state index in [2.05, 4.69) is 59.6 Å². The van der Waals surface area contributed by atoms with Gasteiger partial charge in [0.2, 0.25) is 0 Å². The first kappa shape index (κ1) is 21.9. The van der Waals surface area contributed by atoms with Crippen molar-refractivity contribution in [2.24, 2.45) is 17.8 Å². The lowest BCUT2D eigenvalue weighted by Gasteiger charge is -2.11. The summed E-state index contributed by atoms with van der Waals surface area (Å²) < 4.78 is 1.80. The van der Waals surface area contributed by atoms with Crippen LogP contribution in [-0.2, 0) is 13.6 Å². The average molecular weight is 489 g/mol. The maximum Gasteiger partial charge on any atom is 0.193 e. The topological polar surface area (TPSA) is 68.2 Å². The molecular formula is C22H28IN5. The predicted octanol–water partition coefficient (Wildman–Crippen LogP) is 5.15. The molecule has 3 aromatic rings. The number of aromatic nitrogens is 2. The highest BCUT2D eigenvalue weighted by atomic mass is 127. The van der Waals surface area contributed by atoms with Gasteiger partial charge in [-0.1, -0.05) is 44.2 Å². The van der Waals surface area contributed by atoms with E-state index < -0.39 is 0 Å². The summed E-state index contributed by atoms with van der Waals surface area (Å²) >= 11 is 0. The normalized spacial score (nSPS) is 12.3. The van der Waals surface area contributed by atoms with Gasteiger partial charge in [0.25, 0.3) is 0 Å². The van der Waals surface area contributed by atoms with Gasteiger partial charge >= 0.3 is 0 Å². The molecule has 1 heterocycles. The van der Waals surface area contributed by atoms with Gasteiger partial charge in [-0.15, -0.1) is 24.0 Å². The zero-order valence-electron chi connectivity index (χ0n) is 16.6. The van der Waals surface area contributed by atoms with E-state index in [0.29, 0.717) is 18.4 Å². The van der Waals surface area contributed by atoms with Crippen molar-refractivity contribution in [1.82, 2.24) is 9.78 Å². The summed E-state index contributed by atoms with van der Waals surface area (Å²) in [6.45, 7) is 4.96. The molecule has 148 valence electrons. The van der Waals surface area contributed by atoms with Crippen LogP contribution in [0.2, 0.25) is 0 Å². The average Bonchev–Trinajstić information content (AvgIpc) is 3.13. The molecule has 1 unspecified atom stereocenters. The molecular weight excluding hydrogens is 461 g/mol. The SMILES string of the molecule is CCC(C)c1ccc(NC(N)=NCc2cccc(-c3cnn(C)c3)c2)cc1.I. The highest BCUT2D eigenvalue weighted by Crippen LogP contribution is 2.21. The molecule has 6 heteroatoms. The molecule has 0 fully saturated rings. The number of rotatable bonds is 6. The van der Waals surface area contributed by atoms with Gasteiger partial charge < -0.3 is 11.1 Å². The second kappa shape index (κ2) is 10.3. The van der Waals surface area contributed by atoms with Crippen LogP contribution in [-0.4, -0.2) is 15.7 Å². The Kier molecular flexibility index (Phi) is 8.04. The van der Waals surface area contributed by atoms with E-state index >= 15 is 0 Å². The molecule has 0 aliphatic heterocycles. The first-order valence-corrected chi connectivity index (χ1v) is 9.30. The van der Waals surface area contributed by atoms with E-state index in [1.165, 1.54) is 5.56 Å². The Morgan fingerprint density at radius 3 is 2.57 bits per heavy atom. The maximum absolute atomic E-state index is 6.06. The third kappa shape index (κ3) is 5.82. The van der Waals surface area contributed by atoms with Gasteiger partial charge in [-0.2, -0.15) is 5.10 Å². The van der Waals surface area contributed by atoms with E-state index in [-0.39, 0.29) is 24.0 Å². The van der Waals surface area contributed by atoms with E-state index in [1.807, 2.05) is 37.6 Å². The van der Waals surface area contributed by atoms with Gasteiger partial charge in [-0.05, 0) is 47.2 Å². The minimum absolute atomic E-state index is 0. The highest BCUT2D eigenvalue weighted by molar-refractivity contribution is 14.0. The van der Waals surface area contributed by atoms with Gasteiger partial charge in [-0.3, -0.25) is 4.68 Å². The molecule has 0 bridgehead atoms. The Bertz CT molecular complexity index is 915. The van der Waals surface area contributed by atoms with Crippen LogP contribution >= 0.6 is 24.0 Å². The number of anilines is 1. The van der Waals surface area contributed by atoms with E-state index in [0.717, 1.165) is 28.8 Å². The summed E-state index contributed by atoms with van der Waals surface area (Å²) in [6, 6.07) is 16.7. The van der Waals surface area contributed by atoms with Crippen molar-refractivity contribution in [3.05, 3.63) is 72.1 Å². The zero-order chi connectivity index (χ0) is 19.2. The molecule has 0 aliphatic carbocycles. The number of guanidine groups is 1. The van der Waals surface area contributed by atoms with Crippen LogP contribution < -0.4 is 11.1 Å². The first-order valence-electron chi connectivity index (χ1n) is 9.30. The summed E-state index contributed by atoms with van der Waals surface area (Å²) in [5.41, 5.74) is 11.7. The number of hydrogen-bond acceptors (Lipinski definition) is 2. The Morgan fingerprint density at radius 2 is 1.93 bits per heavy atom. The molecule has 0 saturated heterocycles. The molecule has 5 nitrogen and oxygen atoms in total. The second-order valence-corrected chi connectivity index (χ2v) is 6.86. The van der Waals surface area contributed by atoms with Crippen LogP contribution in [0.5, 0.6) is 0 Å². The fraction of sp³-hybridized carbons (Fsp3) is 0.273. The van der Waals surface area contributed by atoms with Crippen molar-refractivity contribution in [1.29, 1.82) is 0 Å². The predicted molar refractivity (Wildman–Crippen MR) is 128 cm³/mol. The Hall–Kier alpha value is -2.35. The van der Waals surface area contributed by atoms with Gasteiger partial charge in [0, 0.05) is 24.5 Å². The van der Waals surface area contributed by atoms with Crippen LogP contribution in [0.1, 0.15) is 37.3 Å². The fourth-order valence-electron chi connectivity index (χ4n) is 2.91. The molecule has 0 radical (unpaired) electrons. The number of benzene rings is 2. The van der Waals surface area contributed by atoms with Gasteiger partial charge in [0.05, 0.1) is 12.7 Å². The number of nitrogens with zero attached hydrogens (tertiary/aromatic N) is 3. The lowest BCUT2D eigenvalue weighted by Crippen LogP contribution is -2.22. The third-order valence-electron chi connectivity index (χ3n) is 4.76. The van der Waals surface area contributed by atoms with Crippen molar-refractivity contribution in [3.63, 3.8) is 0 Å². The van der Waals surface area contributed by atoms with Crippen molar-refractivity contribution >= 4 is 35.6 Å². The zero-order valence-corrected chi connectivity index (χ0v) is 18.9. The molecule has 3 rings (SSSR count). The molecule has 2 aromatic carbocycles. The lowest BCUT2D eigenvalue weighted by atomic mass is 9.99. The molecule has 1 aromatic heterocycles. The van der Waals surface area contributed by atoms with Crippen LogP contribution in [0.15, 0.2) is 65.9 Å². The third-order valence-corrected chi connectivity index (χ3v) is 4.76. The van der Waals surface area contributed by atoms with Crippen molar-refractivity contribution in [2.75, 3.05) is 5.32 Å². The quantitative estimate of drug-likeness (QED) is 0.286. The molecule has 0 saturated carbocycles. The van der Waals surface area contributed by atoms with Crippen LogP contribution in [0.4, 0.5) is 5.69 Å². The Labute approximate surface area is 184 Å². The summed E-state index contributed by atoms with van der Waals surface area (Å²) in [5, 5.41) is 7.39. The molecule has 0 spiro atoms. The van der Waals surface area contributed by atoms with Crippen molar-refractivity contribution < 1.29 is 0 Å². The number of halogens is 1. The van der Waals surface area contributed by atoms with Crippen molar-refractivity contribution in [2.45, 2.75) is 32.7 Å². The molecule has 0 aliphatic rings. The standard InChI is InChI=1S/C22H27N5.HI/c1-4-16(2)18-8-10-21(11-9-18)26-22(23)24-13-17-6-5-7-19(12-17)20-14-25-27(3)15-20;/h5-12,14-16H,4,13H2,1-3H3,(H3,23,24,26);1H. The second-order valence-electron chi connectivity index (χ2n) is 6.86. The molecule has 3 N–H and O–H groups in total. The Morgan fingerprint density at radius 1 is 1.18 bits per heavy atom. The monoisotopic (exact) mass is 489 g/mol. The van der Waals surface area contributed by atoms with E-state index in [4.69, 9.17) is 5.73 Å². The van der Waals surface area contributed by atoms with Crippen LogP contribution in [0.3, 0.4) is 0 Å². The number of aryl methyl sites for hydroxylation is 1. The van der Waals surface area contributed by atoms with Gasteiger partial charge in [-0.25, -0.2) is 4.99 Å². The first-order chi connectivity index (χ1) is 13.0. The minimum atomic E-state index is 0. The minimum Gasteiger partial charge on any atom is -0.370 e. The van der Waals surface area contributed by atoms with Crippen LogP contribution in [0.25, 0.3) is 11.1 Å². The Balaban J connectivity index is 0.00000280. The molecule has 1 atom stereocenters. The largest absolute Gasteiger partial charge is 0.370 e. The number of hydrogen-bond donors (Lipinski definition) is 2. The summed E-state index contributed by atoms with van der Waals surface area (Å²) in [5.74, 6) is 0.982. The smallest absolute Gasteiger partial charge is 0.193 e. The van der Waals surface area contributed by atoms with Gasteiger partial charge in [0.1, 0.15) is 0 Å². The summed E-state index contributed by atoms with van der Waals surface area (Å²) in [7, 11) is 1.92. The molecule has 28 heavy (non-hydrogen) atoms. The van der Waals surface area contributed by atoms with Crippen LogP contribution in [0, 0.1) is 0 Å². The summed E-state index contributed by atoms with van der Waals surface area (Å²) in [6.07, 6.45) is 5.00. The highest BCUT2D eigenvalue weighted by Gasteiger charge is 2.04.